The molecule has 4 nitrogen and oxygen atoms in total. The van der Waals surface area contributed by atoms with Crippen molar-refractivity contribution in [2.24, 2.45) is 0 Å². The minimum atomic E-state index is -0.118. The molecule has 0 bridgehead atoms. The molecule has 1 N–H and O–H groups in total. The van der Waals surface area contributed by atoms with Crippen molar-refractivity contribution in [1.82, 2.24) is 10.3 Å². The Kier molecular flexibility index (Phi) is 4.34. The third kappa shape index (κ3) is 3.68. The zero-order valence-corrected chi connectivity index (χ0v) is 10.2. The smallest absolute Gasteiger partial charge is 0.251 e. The molecule has 1 aliphatic heterocycles. The van der Waals surface area contributed by atoms with Crippen molar-refractivity contribution < 1.29 is 9.53 Å². The number of amides is 1. The molecule has 5 heteroatoms. The van der Waals surface area contributed by atoms with Crippen molar-refractivity contribution in [1.29, 1.82) is 0 Å². The van der Waals surface area contributed by atoms with Crippen LogP contribution in [-0.4, -0.2) is 30.1 Å². The van der Waals surface area contributed by atoms with Gasteiger partial charge in [0.2, 0.25) is 0 Å². The fourth-order valence-electron chi connectivity index (χ4n) is 1.86. The molecule has 0 spiro atoms. The minimum absolute atomic E-state index is 0.118. The number of pyridine rings is 1. The third-order valence-electron chi connectivity index (χ3n) is 2.76. The van der Waals surface area contributed by atoms with Crippen LogP contribution in [0.5, 0.6) is 0 Å². The molecule has 1 aromatic rings. The number of aromatic nitrogens is 1. The summed E-state index contributed by atoms with van der Waals surface area (Å²) in [7, 11) is 0. The van der Waals surface area contributed by atoms with E-state index in [-0.39, 0.29) is 5.91 Å². The van der Waals surface area contributed by atoms with E-state index in [4.69, 9.17) is 16.3 Å². The second-order valence-electron chi connectivity index (χ2n) is 4.05. The van der Waals surface area contributed by atoms with E-state index in [0.29, 0.717) is 23.4 Å². The Balaban J connectivity index is 1.77. The Bertz CT molecular complexity index is 392. The van der Waals surface area contributed by atoms with Gasteiger partial charge in [0.1, 0.15) is 5.15 Å². The molecule has 0 aromatic carbocycles. The molecule has 1 aromatic heterocycles. The number of carbonyl (C=O) groups excluding carboxylic acids is 1. The molecule has 2 rings (SSSR count). The summed E-state index contributed by atoms with van der Waals surface area (Å²) >= 11 is 5.72. The molecular weight excluding hydrogens is 240 g/mol. The first-order valence-electron chi connectivity index (χ1n) is 5.77. The second kappa shape index (κ2) is 5.98. The van der Waals surface area contributed by atoms with Crippen molar-refractivity contribution in [3.05, 3.63) is 29.0 Å². The average Bonchev–Trinajstić information content (AvgIpc) is 2.82. The molecule has 1 amide bonds. The van der Waals surface area contributed by atoms with Gasteiger partial charge < -0.3 is 10.1 Å². The lowest BCUT2D eigenvalue weighted by Crippen LogP contribution is -2.27. The van der Waals surface area contributed by atoms with E-state index in [1.165, 1.54) is 6.20 Å². The number of ether oxygens (including phenoxy) is 1. The summed E-state index contributed by atoms with van der Waals surface area (Å²) in [5.74, 6) is -0.118. The van der Waals surface area contributed by atoms with Gasteiger partial charge in [0, 0.05) is 24.9 Å². The van der Waals surface area contributed by atoms with Crippen molar-refractivity contribution in [2.45, 2.75) is 25.4 Å². The fourth-order valence-corrected chi connectivity index (χ4v) is 2.04. The number of nitrogens with one attached hydrogen (secondary N) is 1. The van der Waals surface area contributed by atoms with E-state index in [9.17, 15) is 4.79 Å². The molecule has 1 fully saturated rings. The maximum Gasteiger partial charge on any atom is 0.251 e. The molecule has 1 atom stereocenters. The van der Waals surface area contributed by atoms with Crippen LogP contribution in [0.25, 0.3) is 0 Å². The van der Waals surface area contributed by atoms with Crippen molar-refractivity contribution in [3.8, 4) is 0 Å². The molecular formula is C12H15ClN2O2. The zero-order chi connectivity index (χ0) is 12.1. The maximum atomic E-state index is 11.7. The van der Waals surface area contributed by atoms with Gasteiger partial charge in [-0.3, -0.25) is 4.79 Å². The standard InChI is InChI=1S/C12H15ClN2O2/c13-11-8-9(3-5-14-11)12(16)15-6-4-10-2-1-7-17-10/h3,5,8,10H,1-2,4,6-7H2,(H,15,16)/t10-/m1/s1. The van der Waals surface area contributed by atoms with Crippen LogP contribution >= 0.6 is 11.6 Å². The Hall–Kier alpha value is -1.13. The van der Waals surface area contributed by atoms with Crippen LogP contribution in [0.15, 0.2) is 18.3 Å². The summed E-state index contributed by atoms with van der Waals surface area (Å²) < 4.78 is 5.48. The molecule has 0 aliphatic carbocycles. The average molecular weight is 255 g/mol. The van der Waals surface area contributed by atoms with Gasteiger partial charge in [0.15, 0.2) is 0 Å². The first-order valence-corrected chi connectivity index (χ1v) is 6.15. The van der Waals surface area contributed by atoms with Gasteiger partial charge in [-0.2, -0.15) is 0 Å². The topological polar surface area (TPSA) is 51.2 Å². The van der Waals surface area contributed by atoms with Crippen LogP contribution in [0.3, 0.4) is 0 Å². The van der Waals surface area contributed by atoms with Gasteiger partial charge in [0.05, 0.1) is 6.10 Å². The summed E-state index contributed by atoms with van der Waals surface area (Å²) in [6, 6.07) is 3.20. The number of rotatable bonds is 4. The Morgan fingerprint density at radius 2 is 2.53 bits per heavy atom. The monoisotopic (exact) mass is 254 g/mol. The highest BCUT2D eigenvalue weighted by Gasteiger charge is 2.15. The largest absolute Gasteiger partial charge is 0.378 e. The zero-order valence-electron chi connectivity index (χ0n) is 9.49. The number of nitrogens with zero attached hydrogens (tertiary/aromatic N) is 1. The highest BCUT2D eigenvalue weighted by Crippen LogP contribution is 2.14. The molecule has 0 unspecified atom stereocenters. The van der Waals surface area contributed by atoms with Gasteiger partial charge in [-0.15, -0.1) is 0 Å². The van der Waals surface area contributed by atoms with E-state index in [1.54, 1.807) is 12.1 Å². The van der Waals surface area contributed by atoms with Gasteiger partial charge in [0.25, 0.3) is 5.91 Å². The Morgan fingerprint density at radius 1 is 1.65 bits per heavy atom. The van der Waals surface area contributed by atoms with E-state index in [1.807, 2.05) is 0 Å². The van der Waals surface area contributed by atoms with Gasteiger partial charge in [-0.1, -0.05) is 11.6 Å². The Morgan fingerprint density at radius 3 is 3.24 bits per heavy atom. The summed E-state index contributed by atoms with van der Waals surface area (Å²) in [4.78, 5) is 15.6. The van der Waals surface area contributed by atoms with Crippen LogP contribution in [0.2, 0.25) is 5.15 Å². The lowest BCUT2D eigenvalue weighted by molar-refractivity contribution is 0.0907. The number of hydrogen-bond acceptors (Lipinski definition) is 3. The molecule has 1 aliphatic rings. The highest BCUT2D eigenvalue weighted by molar-refractivity contribution is 6.29. The van der Waals surface area contributed by atoms with Crippen molar-refractivity contribution in [2.75, 3.05) is 13.2 Å². The minimum Gasteiger partial charge on any atom is -0.378 e. The number of carbonyl (C=O) groups is 1. The van der Waals surface area contributed by atoms with Crippen molar-refractivity contribution >= 4 is 17.5 Å². The normalized spacial score (nSPS) is 19.2. The van der Waals surface area contributed by atoms with Gasteiger partial charge >= 0.3 is 0 Å². The first-order chi connectivity index (χ1) is 8.25. The summed E-state index contributed by atoms with van der Waals surface area (Å²) in [5.41, 5.74) is 0.539. The molecule has 0 saturated carbocycles. The maximum absolute atomic E-state index is 11.7. The van der Waals surface area contributed by atoms with E-state index in [2.05, 4.69) is 10.3 Å². The van der Waals surface area contributed by atoms with Crippen molar-refractivity contribution in [3.63, 3.8) is 0 Å². The molecule has 92 valence electrons. The van der Waals surface area contributed by atoms with Crippen LogP contribution in [-0.2, 0) is 4.74 Å². The fraction of sp³-hybridized carbons (Fsp3) is 0.500. The quantitative estimate of drug-likeness (QED) is 0.837. The number of hydrogen-bond donors (Lipinski definition) is 1. The SMILES string of the molecule is O=C(NCC[C@H]1CCCO1)c1ccnc(Cl)c1. The predicted octanol–water partition coefficient (Wildman–Crippen LogP) is 2.03. The van der Waals surface area contributed by atoms with E-state index >= 15 is 0 Å². The molecule has 17 heavy (non-hydrogen) atoms. The lowest BCUT2D eigenvalue weighted by Gasteiger charge is -2.10. The molecule has 1 saturated heterocycles. The van der Waals surface area contributed by atoms with Crippen LogP contribution < -0.4 is 5.32 Å². The Labute approximate surface area is 105 Å². The molecule has 0 radical (unpaired) electrons. The summed E-state index contributed by atoms with van der Waals surface area (Å²) in [6.07, 6.45) is 4.91. The lowest BCUT2D eigenvalue weighted by atomic mass is 10.2. The summed E-state index contributed by atoms with van der Waals surface area (Å²) in [5, 5.41) is 3.18. The van der Waals surface area contributed by atoms with Gasteiger partial charge in [-0.05, 0) is 31.4 Å². The van der Waals surface area contributed by atoms with Crippen LogP contribution in [0.4, 0.5) is 0 Å². The predicted molar refractivity (Wildman–Crippen MR) is 65.2 cm³/mol. The van der Waals surface area contributed by atoms with Gasteiger partial charge in [-0.25, -0.2) is 4.98 Å². The first kappa shape index (κ1) is 12.3. The second-order valence-corrected chi connectivity index (χ2v) is 4.43. The van der Waals surface area contributed by atoms with Crippen LogP contribution in [0, 0.1) is 0 Å². The van der Waals surface area contributed by atoms with E-state index < -0.39 is 0 Å². The molecule has 2 heterocycles. The summed E-state index contributed by atoms with van der Waals surface area (Å²) in [6.45, 7) is 1.47. The third-order valence-corrected chi connectivity index (χ3v) is 2.97. The van der Waals surface area contributed by atoms with E-state index in [0.717, 1.165) is 25.9 Å². The van der Waals surface area contributed by atoms with Crippen LogP contribution in [0.1, 0.15) is 29.6 Å². The number of halogens is 1. The highest BCUT2D eigenvalue weighted by atomic mass is 35.5.